The maximum absolute atomic E-state index is 11.5. The predicted octanol–water partition coefficient (Wildman–Crippen LogP) is 4.96. The van der Waals surface area contributed by atoms with Gasteiger partial charge >= 0.3 is 6.09 Å². The zero-order chi connectivity index (χ0) is 17.8. The quantitative estimate of drug-likeness (QED) is 0.841. The van der Waals surface area contributed by atoms with E-state index in [2.05, 4.69) is 55.6 Å². The summed E-state index contributed by atoms with van der Waals surface area (Å²) in [6.45, 7) is 4.31. The van der Waals surface area contributed by atoms with Crippen molar-refractivity contribution in [2.24, 2.45) is 0 Å². The van der Waals surface area contributed by atoms with Gasteiger partial charge in [-0.25, -0.2) is 4.79 Å². The number of aryl methyl sites for hydroxylation is 2. The fraction of sp³-hybridized carbons (Fsp3) is 0.409. The van der Waals surface area contributed by atoms with E-state index in [0.29, 0.717) is 0 Å². The van der Waals surface area contributed by atoms with Crippen LogP contribution in [0.2, 0.25) is 0 Å². The minimum absolute atomic E-state index is 0.00975. The maximum Gasteiger partial charge on any atom is 0.407 e. The number of benzene rings is 2. The number of fused-ring (bicyclic) bond motifs is 1. The second kappa shape index (κ2) is 7.73. The summed E-state index contributed by atoms with van der Waals surface area (Å²) in [5.41, 5.74) is 8.18. The molecule has 1 atom stereocenters. The van der Waals surface area contributed by atoms with Crippen LogP contribution in [0.15, 0.2) is 36.4 Å². The van der Waals surface area contributed by atoms with Gasteiger partial charge in [0.05, 0.1) is 0 Å². The minimum atomic E-state index is -0.323. The van der Waals surface area contributed by atoms with Gasteiger partial charge in [0.1, 0.15) is 6.10 Å². The number of carbonyl (C=O) groups excluding carboxylic acids is 1. The second-order valence-electron chi connectivity index (χ2n) is 6.96. The van der Waals surface area contributed by atoms with Crippen molar-refractivity contribution in [2.45, 2.75) is 52.1 Å². The molecule has 2 aromatic carbocycles. The number of amides is 1. The summed E-state index contributed by atoms with van der Waals surface area (Å²) >= 11 is 0. The number of alkyl carbamates (subject to hydrolysis) is 1. The number of nitrogens with one attached hydrogen (secondary N) is 1. The third-order valence-electron chi connectivity index (χ3n) is 5.17. The summed E-state index contributed by atoms with van der Waals surface area (Å²) in [7, 11) is 1.61. The van der Waals surface area contributed by atoms with Crippen LogP contribution in [0.1, 0.15) is 41.5 Å². The standard InChI is InChI=1S/C22H27NO2/c1-15-7-10-17(11-8-15)20-13-9-16(2)19-14-12-18(25-22(24)23-3)5-4-6-21(19)20/h7-11,13,18H,4-6,12,14H2,1-3H3,(H,23,24)/t18-/m0/s1. The second-order valence-corrected chi connectivity index (χ2v) is 6.96. The minimum Gasteiger partial charge on any atom is -0.446 e. The van der Waals surface area contributed by atoms with Crippen LogP contribution in [-0.4, -0.2) is 19.2 Å². The van der Waals surface area contributed by atoms with E-state index >= 15 is 0 Å². The van der Waals surface area contributed by atoms with Crippen LogP contribution in [0.3, 0.4) is 0 Å². The lowest BCUT2D eigenvalue weighted by molar-refractivity contribution is 0.0873. The molecule has 25 heavy (non-hydrogen) atoms. The van der Waals surface area contributed by atoms with E-state index in [9.17, 15) is 4.79 Å². The van der Waals surface area contributed by atoms with Gasteiger partial charge in [-0.15, -0.1) is 0 Å². The highest BCUT2D eigenvalue weighted by molar-refractivity contribution is 5.70. The molecule has 0 spiro atoms. The first-order chi connectivity index (χ1) is 12.1. The molecule has 1 aliphatic carbocycles. The molecule has 0 radical (unpaired) electrons. The summed E-state index contributed by atoms with van der Waals surface area (Å²) in [4.78, 5) is 11.5. The van der Waals surface area contributed by atoms with Crippen LogP contribution in [0.5, 0.6) is 0 Å². The van der Waals surface area contributed by atoms with Crippen molar-refractivity contribution in [1.82, 2.24) is 5.32 Å². The normalized spacial score (nSPS) is 17.2. The molecule has 0 fully saturated rings. The van der Waals surface area contributed by atoms with Crippen LogP contribution >= 0.6 is 0 Å². The van der Waals surface area contributed by atoms with Crippen LogP contribution in [0, 0.1) is 13.8 Å². The Morgan fingerprint density at radius 3 is 2.48 bits per heavy atom. The van der Waals surface area contributed by atoms with Gasteiger partial charge in [0.2, 0.25) is 0 Å². The Morgan fingerprint density at radius 2 is 1.76 bits per heavy atom. The lowest BCUT2D eigenvalue weighted by Crippen LogP contribution is -2.27. The first-order valence-corrected chi connectivity index (χ1v) is 9.15. The van der Waals surface area contributed by atoms with Crippen molar-refractivity contribution in [3.05, 3.63) is 58.7 Å². The molecule has 0 saturated heterocycles. The molecule has 3 heteroatoms. The Bertz CT molecular complexity index is 749. The fourth-order valence-electron chi connectivity index (χ4n) is 3.73. The van der Waals surface area contributed by atoms with Crippen molar-refractivity contribution in [3.8, 4) is 11.1 Å². The van der Waals surface area contributed by atoms with E-state index in [4.69, 9.17) is 4.74 Å². The predicted molar refractivity (Wildman–Crippen MR) is 102 cm³/mol. The third-order valence-corrected chi connectivity index (χ3v) is 5.17. The lowest BCUT2D eigenvalue weighted by atomic mass is 9.84. The van der Waals surface area contributed by atoms with Crippen molar-refractivity contribution in [2.75, 3.05) is 7.05 Å². The first kappa shape index (κ1) is 17.5. The molecule has 3 nitrogen and oxygen atoms in total. The van der Waals surface area contributed by atoms with Gasteiger partial charge in [-0.2, -0.15) is 0 Å². The molecule has 1 aliphatic rings. The average molecular weight is 337 g/mol. The number of ether oxygens (including phenoxy) is 1. The Balaban J connectivity index is 1.90. The maximum atomic E-state index is 11.5. The zero-order valence-corrected chi connectivity index (χ0v) is 15.4. The van der Waals surface area contributed by atoms with Crippen molar-refractivity contribution in [3.63, 3.8) is 0 Å². The molecule has 2 aromatic rings. The third kappa shape index (κ3) is 4.04. The molecule has 0 aliphatic heterocycles. The zero-order valence-electron chi connectivity index (χ0n) is 15.4. The van der Waals surface area contributed by atoms with E-state index in [1.807, 2.05) is 0 Å². The highest BCUT2D eigenvalue weighted by Crippen LogP contribution is 2.33. The Labute approximate surface area is 150 Å². The van der Waals surface area contributed by atoms with Gasteiger partial charge < -0.3 is 10.1 Å². The molecular formula is C22H27NO2. The molecule has 0 saturated carbocycles. The van der Waals surface area contributed by atoms with Gasteiger partial charge in [-0.05, 0) is 73.8 Å². The van der Waals surface area contributed by atoms with Gasteiger partial charge in [0.15, 0.2) is 0 Å². The summed E-state index contributed by atoms with van der Waals surface area (Å²) in [5.74, 6) is 0. The summed E-state index contributed by atoms with van der Waals surface area (Å²) in [6.07, 6.45) is 4.53. The monoisotopic (exact) mass is 337 g/mol. The molecule has 1 amide bonds. The van der Waals surface area contributed by atoms with Gasteiger partial charge in [-0.3, -0.25) is 0 Å². The molecule has 132 valence electrons. The Morgan fingerprint density at radius 1 is 1.00 bits per heavy atom. The SMILES string of the molecule is CNC(=O)O[C@H]1CCCc2c(-c3ccc(C)cc3)ccc(C)c2CC1. The van der Waals surface area contributed by atoms with Gasteiger partial charge in [-0.1, -0.05) is 42.0 Å². The number of rotatable bonds is 2. The first-order valence-electron chi connectivity index (χ1n) is 9.15. The molecule has 0 heterocycles. The summed E-state index contributed by atoms with van der Waals surface area (Å²) in [5, 5.41) is 2.55. The van der Waals surface area contributed by atoms with E-state index in [-0.39, 0.29) is 12.2 Å². The van der Waals surface area contributed by atoms with Crippen molar-refractivity contribution >= 4 is 6.09 Å². The smallest absolute Gasteiger partial charge is 0.407 e. The number of hydrogen-bond acceptors (Lipinski definition) is 2. The molecule has 1 N–H and O–H groups in total. The number of hydrogen-bond donors (Lipinski definition) is 1. The fourth-order valence-corrected chi connectivity index (χ4v) is 3.73. The largest absolute Gasteiger partial charge is 0.446 e. The Kier molecular flexibility index (Phi) is 5.42. The van der Waals surface area contributed by atoms with Crippen molar-refractivity contribution in [1.29, 1.82) is 0 Å². The highest BCUT2D eigenvalue weighted by atomic mass is 16.6. The van der Waals surface area contributed by atoms with Gasteiger partial charge in [0, 0.05) is 7.05 Å². The van der Waals surface area contributed by atoms with E-state index in [0.717, 1.165) is 32.1 Å². The van der Waals surface area contributed by atoms with Crippen LogP contribution in [-0.2, 0) is 17.6 Å². The Hall–Kier alpha value is -2.29. The molecule has 0 bridgehead atoms. The van der Waals surface area contributed by atoms with E-state index in [1.54, 1.807) is 7.05 Å². The average Bonchev–Trinajstić information content (AvgIpc) is 2.59. The summed E-state index contributed by atoms with van der Waals surface area (Å²) < 4.78 is 5.51. The van der Waals surface area contributed by atoms with Crippen molar-refractivity contribution < 1.29 is 9.53 Å². The van der Waals surface area contributed by atoms with E-state index in [1.165, 1.54) is 33.4 Å². The lowest BCUT2D eigenvalue weighted by Gasteiger charge is -2.24. The molecule has 0 aromatic heterocycles. The van der Waals surface area contributed by atoms with Crippen LogP contribution in [0.25, 0.3) is 11.1 Å². The number of carbonyl (C=O) groups is 1. The highest BCUT2D eigenvalue weighted by Gasteiger charge is 2.20. The molecule has 0 unspecified atom stereocenters. The van der Waals surface area contributed by atoms with Crippen LogP contribution in [0.4, 0.5) is 4.79 Å². The van der Waals surface area contributed by atoms with Crippen LogP contribution < -0.4 is 5.32 Å². The molecular weight excluding hydrogens is 310 g/mol. The van der Waals surface area contributed by atoms with Gasteiger partial charge in [0.25, 0.3) is 0 Å². The summed E-state index contributed by atoms with van der Waals surface area (Å²) in [6, 6.07) is 13.3. The topological polar surface area (TPSA) is 38.3 Å². The molecule has 3 rings (SSSR count). The van der Waals surface area contributed by atoms with E-state index < -0.39 is 0 Å².